The Labute approximate surface area is 120 Å². The van der Waals surface area contributed by atoms with Crippen molar-refractivity contribution in [2.45, 2.75) is 32.8 Å². The Kier molecular flexibility index (Phi) is 4.47. The van der Waals surface area contributed by atoms with Crippen molar-refractivity contribution >= 4 is 11.8 Å². The summed E-state index contributed by atoms with van der Waals surface area (Å²) in [5.41, 5.74) is 0.672. The van der Waals surface area contributed by atoms with E-state index in [0.29, 0.717) is 6.54 Å². The quantitative estimate of drug-likeness (QED) is 0.791. The van der Waals surface area contributed by atoms with Crippen molar-refractivity contribution in [3.63, 3.8) is 0 Å². The molecule has 2 rings (SSSR count). The molecule has 0 atom stereocenters. The molecule has 0 saturated carbocycles. The third-order valence-corrected chi connectivity index (χ3v) is 3.16. The largest absolute Gasteiger partial charge is 0.444 e. The molecule has 110 valence electrons. The van der Waals surface area contributed by atoms with Crippen LogP contribution in [0.5, 0.6) is 0 Å². The number of pyridine rings is 1. The summed E-state index contributed by atoms with van der Waals surface area (Å²) in [6, 6.07) is 3.99. The van der Waals surface area contributed by atoms with Crippen LogP contribution in [0, 0.1) is 0 Å². The molecule has 2 heterocycles. The Morgan fingerprint density at radius 2 is 2.05 bits per heavy atom. The second kappa shape index (κ2) is 6.11. The Morgan fingerprint density at radius 1 is 1.25 bits per heavy atom. The molecule has 5 heteroatoms. The van der Waals surface area contributed by atoms with Crippen LogP contribution in [0.15, 0.2) is 24.5 Å². The van der Waals surface area contributed by atoms with Gasteiger partial charge in [0.25, 0.3) is 0 Å². The van der Waals surface area contributed by atoms with Gasteiger partial charge in [0.15, 0.2) is 0 Å². The maximum absolute atomic E-state index is 12.1. The van der Waals surface area contributed by atoms with E-state index in [4.69, 9.17) is 4.74 Å². The van der Waals surface area contributed by atoms with Gasteiger partial charge in [0.05, 0.1) is 11.9 Å². The summed E-state index contributed by atoms with van der Waals surface area (Å²) in [5, 5.41) is 0. The number of carbonyl (C=O) groups excluding carboxylic acids is 1. The SMILES string of the molecule is CC(C)(C)OC(=O)N1CCCN(c2cccnc2)CC1. The zero-order valence-corrected chi connectivity index (χ0v) is 12.5. The zero-order valence-electron chi connectivity index (χ0n) is 12.5. The van der Waals surface area contributed by atoms with Crippen LogP contribution in [0.25, 0.3) is 0 Å². The molecule has 0 unspecified atom stereocenters. The van der Waals surface area contributed by atoms with Crippen molar-refractivity contribution in [1.82, 2.24) is 9.88 Å². The van der Waals surface area contributed by atoms with Gasteiger partial charge in [0.1, 0.15) is 5.60 Å². The molecule has 1 saturated heterocycles. The number of rotatable bonds is 1. The van der Waals surface area contributed by atoms with Crippen LogP contribution in [0.2, 0.25) is 0 Å². The molecule has 1 aliphatic rings. The van der Waals surface area contributed by atoms with E-state index in [1.54, 1.807) is 11.1 Å². The van der Waals surface area contributed by atoms with Gasteiger partial charge in [-0.25, -0.2) is 4.79 Å². The van der Waals surface area contributed by atoms with E-state index in [1.165, 1.54) is 0 Å². The van der Waals surface area contributed by atoms with Gasteiger partial charge in [0.2, 0.25) is 0 Å². The van der Waals surface area contributed by atoms with Gasteiger partial charge in [-0.3, -0.25) is 4.98 Å². The molecule has 0 spiro atoms. The van der Waals surface area contributed by atoms with Gasteiger partial charge in [-0.15, -0.1) is 0 Å². The molecule has 5 nitrogen and oxygen atoms in total. The molecule has 0 radical (unpaired) electrons. The highest BCUT2D eigenvalue weighted by atomic mass is 16.6. The van der Waals surface area contributed by atoms with Crippen molar-refractivity contribution in [2.75, 3.05) is 31.1 Å². The average Bonchev–Trinajstić information content (AvgIpc) is 2.63. The molecular weight excluding hydrogens is 254 g/mol. The minimum Gasteiger partial charge on any atom is -0.444 e. The third kappa shape index (κ3) is 4.11. The zero-order chi connectivity index (χ0) is 14.6. The second-order valence-electron chi connectivity index (χ2n) is 6.02. The lowest BCUT2D eigenvalue weighted by molar-refractivity contribution is 0.0263. The highest BCUT2D eigenvalue weighted by molar-refractivity contribution is 5.68. The van der Waals surface area contributed by atoms with Crippen LogP contribution < -0.4 is 4.90 Å². The first-order valence-corrected chi connectivity index (χ1v) is 7.08. The summed E-state index contributed by atoms with van der Waals surface area (Å²) in [4.78, 5) is 20.3. The van der Waals surface area contributed by atoms with Gasteiger partial charge in [-0.2, -0.15) is 0 Å². The highest BCUT2D eigenvalue weighted by Crippen LogP contribution is 2.16. The minimum absolute atomic E-state index is 0.217. The third-order valence-electron chi connectivity index (χ3n) is 3.16. The van der Waals surface area contributed by atoms with Gasteiger partial charge < -0.3 is 14.5 Å². The molecule has 0 aliphatic carbocycles. The summed E-state index contributed by atoms with van der Waals surface area (Å²) in [7, 11) is 0. The van der Waals surface area contributed by atoms with Crippen molar-refractivity contribution in [3.8, 4) is 0 Å². The Bertz CT molecular complexity index is 442. The number of ether oxygens (including phenoxy) is 1. The van der Waals surface area contributed by atoms with E-state index in [0.717, 1.165) is 31.7 Å². The van der Waals surface area contributed by atoms with Crippen LogP contribution in [-0.2, 0) is 4.74 Å². The van der Waals surface area contributed by atoms with Crippen LogP contribution in [0.3, 0.4) is 0 Å². The van der Waals surface area contributed by atoms with E-state index in [9.17, 15) is 4.79 Å². The van der Waals surface area contributed by atoms with Crippen LogP contribution in [0.1, 0.15) is 27.2 Å². The minimum atomic E-state index is -0.438. The van der Waals surface area contributed by atoms with Crippen LogP contribution >= 0.6 is 0 Å². The normalized spacial score (nSPS) is 16.8. The predicted octanol–water partition coefficient (Wildman–Crippen LogP) is 2.53. The fourth-order valence-electron chi connectivity index (χ4n) is 2.23. The summed E-state index contributed by atoms with van der Waals surface area (Å²) >= 11 is 0. The predicted molar refractivity (Wildman–Crippen MR) is 78.9 cm³/mol. The van der Waals surface area contributed by atoms with E-state index in [1.807, 2.05) is 33.0 Å². The summed E-state index contributed by atoms with van der Waals surface area (Å²) < 4.78 is 5.43. The van der Waals surface area contributed by atoms with E-state index in [2.05, 4.69) is 16.0 Å². The number of anilines is 1. The van der Waals surface area contributed by atoms with Crippen LogP contribution in [-0.4, -0.2) is 47.8 Å². The molecule has 20 heavy (non-hydrogen) atoms. The summed E-state index contributed by atoms with van der Waals surface area (Å²) in [6.45, 7) is 8.85. The first-order chi connectivity index (χ1) is 9.46. The summed E-state index contributed by atoms with van der Waals surface area (Å²) in [5.74, 6) is 0. The fraction of sp³-hybridized carbons (Fsp3) is 0.600. The maximum Gasteiger partial charge on any atom is 0.410 e. The molecule has 1 amide bonds. The van der Waals surface area contributed by atoms with Crippen molar-refractivity contribution in [2.24, 2.45) is 0 Å². The number of aromatic nitrogens is 1. The number of nitrogens with zero attached hydrogens (tertiary/aromatic N) is 3. The van der Waals surface area contributed by atoms with Gasteiger partial charge in [-0.05, 0) is 39.3 Å². The molecule has 0 aromatic carbocycles. The molecule has 1 fully saturated rings. The molecular formula is C15H23N3O2. The Balaban J connectivity index is 1.94. The molecule has 0 bridgehead atoms. The lowest BCUT2D eigenvalue weighted by atomic mass is 10.2. The average molecular weight is 277 g/mol. The molecule has 1 aromatic heterocycles. The first-order valence-electron chi connectivity index (χ1n) is 7.08. The molecule has 1 aromatic rings. The van der Waals surface area contributed by atoms with Crippen molar-refractivity contribution in [3.05, 3.63) is 24.5 Å². The highest BCUT2D eigenvalue weighted by Gasteiger charge is 2.24. The summed E-state index contributed by atoms with van der Waals surface area (Å²) in [6.07, 6.45) is 4.36. The first kappa shape index (κ1) is 14.6. The lowest BCUT2D eigenvalue weighted by Crippen LogP contribution is -2.39. The smallest absolute Gasteiger partial charge is 0.410 e. The second-order valence-corrected chi connectivity index (χ2v) is 6.02. The standard InChI is InChI=1S/C15H23N3O2/c1-15(2,3)20-14(19)18-9-5-8-17(10-11-18)13-6-4-7-16-12-13/h4,6-7,12H,5,8-11H2,1-3H3. The van der Waals surface area contributed by atoms with Gasteiger partial charge >= 0.3 is 6.09 Å². The number of hydrogen-bond donors (Lipinski definition) is 0. The number of carbonyl (C=O) groups is 1. The van der Waals surface area contributed by atoms with Crippen molar-refractivity contribution < 1.29 is 9.53 Å². The fourth-order valence-corrected chi connectivity index (χ4v) is 2.23. The maximum atomic E-state index is 12.1. The van der Waals surface area contributed by atoms with Gasteiger partial charge in [-0.1, -0.05) is 0 Å². The van der Waals surface area contributed by atoms with E-state index in [-0.39, 0.29) is 6.09 Å². The Hall–Kier alpha value is -1.78. The monoisotopic (exact) mass is 277 g/mol. The Morgan fingerprint density at radius 3 is 2.70 bits per heavy atom. The molecule has 0 N–H and O–H groups in total. The van der Waals surface area contributed by atoms with Crippen molar-refractivity contribution in [1.29, 1.82) is 0 Å². The molecule has 1 aliphatic heterocycles. The number of amides is 1. The lowest BCUT2D eigenvalue weighted by Gasteiger charge is -2.26. The topological polar surface area (TPSA) is 45.7 Å². The van der Waals surface area contributed by atoms with E-state index < -0.39 is 5.60 Å². The van der Waals surface area contributed by atoms with Crippen LogP contribution in [0.4, 0.5) is 10.5 Å². The van der Waals surface area contributed by atoms with E-state index >= 15 is 0 Å². The number of hydrogen-bond acceptors (Lipinski definition) is 4. The van der Waals surface area contributed by atoms with Gasteiger partial charge in [0, 0.05) is 32.4 Å².